The highest BCUT2D eigenvalue weighted by atomic mass is 31.2. The van der Waals surface area contributed by atoms with Gasteiger partial charge in [-0.15, -0.1) is 0 Å². The van der Waals surface area contributed by atoms with Crippen molar-refractivity contribution in [3.05, 3.63) is 360 Å². The van der Waals surface area contributed by atoms with Crippen LogP contribution >= 0.6 is 29.0 Å². The lowest BCUT2D eigenvalue weighted by molar-refractivity contribution is 0.660. The van der Waals surface area contributed by atoms with Crippen LogP contribution in [0.25, 0.3) is 22.3 Å². The summed E-state index contributed by atoms with van der Waals surface area (Å²) in [6.45, 7) is 9.56. The van der Waals surface area contributed by atoms with E-state index in [1.54, 1.807) is 0 Å². The minimum atomic E-state index is -2.22. The Balaban J connectivity index is 0.865. The molecule has 0 N–H and O–H groups in total. The number of fused-ring (bicyclic) bond motifs is 6. The van der Waals surface area contributed by atoms with Gasteiger partial charge in [0.25, 0.3) is 0 Å². The van der Waals surface area contributed by atoms with E-state index >= 15 is 0 Å². The zero-order valence-electron chi connectivity index (χ0n) is 57.9. The summed E-state index contributed by atoms with van der Waals surface area (Å²) in [5.41, 5.74) is 14.2. The van der Waals surface area contributed by atoms with Gasteiger partial charge < -0.3 is 0 Å². The van der Waals surface area contributed by atoms with Crippen molar-refractivity contribution in [1.82, 2.24) is 0 Å². The highest BCUT2D eigenvalue weighted by molar-refractivity contribution is 7.93. The molecule has 12 aromatic rings. The second-order valence-electron chi connectivity index (χ2n) is 28.3. The van der Waals surface area contributed by atoms with E-state index in [2.05, 4.69) is 391 Å². The average Bonchev–Trinajstić information content (AvgIpc) is 1.56. The standard InChI is InChI=1S/C96H84P4/c1-95(2)91-71-75-35-31-65-97(79-39-13-5-14-40-79,80-41-15-6-16-42-80)63-29-30-64-98(81-43-17-7-18-44-81,82-45-19-8-20-46-82)66-32-36-76-56-60-88-90-62-58-78(74-94(90)96(3,4)92(88)72-76)38-34-68-100(85-51-25-11-26-52-85,86-53-27-12-28-54-86)70-69-99(83-47-21-9-22-48-83,84-49-23-10-24-50-84)67-33-37-77-57-61-89(93(95)73-77)87(91)59-55-75/h5-28,39-62,71-74H,29-30,63-70H2,1-4H3/q+4. The second-order valence-corrected chi connectivity index (χ2v) is 43.2. The highest BCUT2D eigenvalue weighted by Crippen LogP contribution is 2.64. The van der Waals surface area contributed by atoms with Gasteiger partial charge in [-0.2, -0.15) is 0 Å². The van der Waals surface area contributed by atoms with Crippen LogP contribution < -0.4 is 42.4 Å². The Labute approximate surface area is 597 Å². The molecule has 0 unspecified atom stereocenters. The number of hydrogen-bond donors (Lipinski definition) is 0. The first-order valence-corrected chi connectivity index (χ1v) is 44.1. The van der Waals surface area contributed by atoms with E-state index in [0.717, 1.165) is 84.4 Å². The van der Waals surface area contributed by atoms with Crippen LogP contribution in [0.3, 0.4) is 0 Å². The molecule has 0 spiro atoms. The molecule has 15 rings (SSSR count). The van der Waals surface area contributed by atoms with Crippen LogP contribution in [-0.2, 0) is 10.8 Å². The molecule has 0 nitrogen and oxygen atoms in total. The number of rotatable bonds is 8. The molecule has 0 fully saturated rings. The molecule has 0 saturated heterocycles. The Bertz CT molecular complexity index is 4700. The fourth-order valence-electron chi connectivity index (χ4n) is 16.4. The monoisotopic (exact) mass is 1360 g/mol. The van der Waals surface area contributed by atoms with Crippen molar-refractivity contribution < 1.29 is 0 Å². The Hall–Kier alpha value is -9.40. The van der Waals surface area contributed by atoms with Crippen LogP contribution in [0, 0.1) is 47.4 Å². The first-order valence-electron chi connectivity index (χ1n) is 35.5. The average molecular weight is 1360 g/mol. The summed E-state index contributed by atoms with van der Waals surface area (Å²) in [6, 6.07) is 119. The minimum absolute atomic E-state index is 0.259. The zero-order valence-corrected chi connectivity index (χ0v) is 61.5. The molecule has 0 saturated carbocycles. The highest BCUT2D eigenvalue weighted by Gasteiger charge is 2.51. The first-order chi connectivity index (χ1) is 49.0. The Morgan fingerprint density at radius 1 is 0.220 bits per heavy atom. The minimum Gasteiger partial charge on any atom is -0.0632 e. The number of benzene rings is 12. The van der Waals surface area contributed by atoms with Gasteiger partial charge in [0.2, 0.25) is 0 Å². The maximum atomic E-state index is 3.97. The predicted molar refractivity (Wildman–Crippen MR) is 440 cm³/mol. The second kappa shape index (κ2) is 28.7. The third-order valence-electron chi connectivity index (χ3n) is 21.9. The third kappa shape index (κ3) is 12.8. The molecule has 100 heavy (non-hydrogen) atoms. The summed E-state index contributed by atoms with van der Waals surface area (Å²) in [7, 11) is -8.57. The van der Waals surface area contributed by atoms with E-state index in [-0.39, 0.29) is 10.8 Å². The zero-order chi connectivity index (χ0) is 68.0. The summed E-state index contributed by atoms with van der Waals surface area (Å²) in [5.74, 6) is 31.1. The van der Waals surface area contributed by atoms with Crippen molar-refractivity contribution in [2.45, 2.75) is 51.4 Å². The predicted octanol–water partition coefficient (Wildman–Crippen LogP) is 18.9. The first kappa shape index (κ1) is 66.5. The lowest BCUT2D eigenvalue weighted by Gasteiger charge is -2.30. The van der Waals surface area contributed by atoms with E-state index in [9.17, 15) is 0 Å². The maximum Gasteiger partial charge on any atom is 0.129 e. The van der Waals surface area contributed by atoms with Gasteiger partial charge in [-0.25, -0.2) is 0 Å². The van der Waals surface area contributed by atoms with Gasteiger partial charge in [-0.3, -0.25) is 0 Å². The van der Waals surface area contributed by atoms with E-state index < -0.39 is 29.0 Å². The van der Waals surface area contributed by atoms with Crippen LogP contribution in [0.2, 0.25) is 0 Å². The maximum absolute atomic E-state index is 3.97. The lowest BCUT2D eigenvalue weighted by Crippen LogP contribution is -2.33. The molecule has 0 amide bonds. The summed E-state index contributed by atoms with van der Waals surface area (Å²) in [6.07, 6.45) is 9.34. The van der Waals surface area contributed by atoms with Crippen molar-refractivity contribution in [3.8, 4) is 69.6 Å². The van der Waals surface area contributed by atoms with Gasteiger partial charge in [-0.1, -0.05) is 245 Å². The van der Waals surface area contributed by atoms with Gasteiger partial charge in [0.15, 0.2) is 0 Å². The van der Waals surface area contributed by atoms with Crippen molar-refractivity contribution in [1.29, 1.82) is 0 Å². The molecule has 2 aliphatic carbocycles. The van der Waals surface area contributed by atoms with Gasteiger partial charge in [0.1, 0.15) is 79.4 Å². The molecule has 12 aromatic carbocycles. The summed E-state index contributed by atoms with van der Waals surface area (Å²) in [5, 5.41) is 11.2. The van der Waals surface area contributed by atoms with Gasteiger partial charge in [0.05, 0.1) is 41.4 Å². The molecule has 484 valence electrons. The number of hydrogen-bond acceptors (Lipinski definition) is 0. The van der Waals surface area contributed by atoms with Crippen LogP contribution in [0.4, 0.5) is 0 Å². The van der Waals surface area contributed by atoms with Gasteiger partial charge in [-0.05, 0) is 203 Å². The largest absolute Gasteiger partial charge is 0.129 e. The van der Waals surface area contributed by atoms with Crippen molar-refractivity contribution in [2.75, 3.05) is 49.3 Å². The smallest absolute Gasteiger partial charge is 0.0632 e. The fourth-order valence-corrected chi connectivity index (χ4v) is 33.3. The van der Waals surface area contributed by atoms with Gasteiger partial charge in [0, 0.05) is 33.1 Å². The fraction of sp³-hybridized carbons (Fsp3) is 0.167. The molecule has 1 aliphatic heterocycles. The van der Waals surface area contributed by atoms with E-state index in [4.69, 9.17) is 0 Å². The van der Waals surface area contributed by atoms with Crippen molar-refractivity contribution >= 4 is 71.5 Å². The summed E-state index contributed by atoms with van der Waals surface area (Å²) < 4.78 is 0. The van der Waals surface area contributed by atoms with E-state index in [1.807, 2.05) is 0 Å². The van der Waals surface area contributed by atoms with E-state index in [0.29, 0.717) is 0 Å². The Kier molecular flexibility index (Phi) is 19.1. The lowest BCUT2D eigenvalue weighted by atomic mass is 9.81. The van der Waals surface area contributed by atoms with E-state index in [1.165, 1.54) is 86.9 Å². The molecule has 0 radical (unpaired) electrons. The van der Waals surface area contributed by atoms with Crippen LogP contribution in [0.15, 0.2) is 315 Å². The summed E-state index contributed by atoms with van der Waals surface area (Å²) in [4.78, 5) is 0. The van der Waals surface area contributed by atoms with Crippen LogP contribution in [0.1, 0.15) is 85.0 Å². The van der Waals surface area contributed by atoms with Crippen LogP contribution in [-0.4, -0.2) is 49.3 Å². The van der Waals surface area contributed by atoms with Crippen molar-refractivity contribution in [3.63, 3.8) is 0 Å². The Morgan fingerprint density at radius 3 is 0.590 bits per heavy atom. The molecular weight excluding hydrogens is 1280 g/mol. The molecule has 0 aromatic heterocycles. The molecule has 1 heterocycles. The summed E-state index contributed by atoms with van der Waals surface area (Å²) >= 11 is 0. The van der Waals surface area contributed by atoms with Crippen LogP contribution in [0.5, 0.6) is 0 Å². The molecule has 3 aliphatic rings. The van der Waals surface area contributed by atoms with Gasteiger partial charge >= 0.3 is 0 Å². The topological polar surface area (TPSA) is 0 Å². The molecule has 8 bridgehead atoms. The SMILES string of the molecule is CC1(C)c2cc3ccc2-c2ccc(cc21)C#CC[P+](c1ccccc1)(c1ccccc1)CC[P+](c1ccccc1)(c1ccccc1)CC#Cc1ccc2c(c1)C(C)(C)c1cc(ccc1-2)C#CC[P+](c1ccccc1)(c1ccccc1)CCCC[P+](c1ccccc1)(c1ccccc1)CC#C3. The molecular formula is C96H84P4+4. The molecule has 0 atom stereocenters. The Morgan fingerprint density at radius 2 is 0.400 bits per heavy atom. The molecule has 4 heteroatoms. The quantitative estimate of drug-likeness (QED) is 0.105. The third-order valence-corrected chi connectivity index (χ3v) is 39.4. The van der Waals surface area contributed by atoms with Crippen molar-refractivity contribution in [2.24, 2.45) is 0 Å². The normalized spacial score (nSPS) is 16.7.